The van der Waals surface area contributed by atoms with Gasteiger partial charge in [0, 0.05) is 86.5 Å². The van der Waals surface area contributed by atoms with Gasteiger partial charge in [-0.15, -0.1) is 0 Å². The molecule has 0 atom stereocenters. The van der Waals surface area contributed by atoms with E-state index in [9.17, 15) is 13.6 Å². The lowest BCUT2D eigenvalue weighted by Gasteiger charge is -2.33. The predicted octanol–water partition coefficient (Wildman–Crippen LogP) is 6.08. The SMILES string of the molecule is CCOCCc1cn(-c2cc3c(cc2C(F)F)N(c2nn(C4CCOCC4)c4c2CN(C(C)=O)CC4)CCC3)c2cnccc12. The first-order chi connectivity index (χ1) is 21.9. The zero-order chi connectivity index (χ0) is 31.1. The fraction of sp³-hybridized carbons (Fsp3) is 0.500. The van der Waals surface area contributed by atoms with E-state index in [1.54, 1.807) is 25.4 Å². The third kappa shape index (κ3) is 5.50. The zero-order valence-corrected chi connectivity index (χ0v) is 26.0. The van der Waals surface area contributed by atoms with Gasteiger partial charge in [0.1, 0.15) is 0 Å². The molecular formula is C34H40F2N6O3. The molecular weight excluding hydrogens is 578 g/mol. The molecule has 1 aromatic carbocycles. The maximum Gasteiger partial charge on any atom is 0.265 e. The summed E-state index contributed by atoms with van der Waals surface area (Å²) in [4.78, 5) is 20.7. The molecule has 3 aromatic heterocycles. The second-order valence-electron chi connectivity index (χ2n) is 12.2. The minimum atomic E-state index is -2.68. The first-order valence-corrected chi connectivity index (χ1v) is 16.1. The number of amides is 1. The number of hydrogen-bond donors (Lipinski definition) is 0. The molecule has 7 rings (SSSR count). The fourth-order valence-corrected chi connectivity index (χ4v) is 7.25. The minimum Gasteiger partial charge on any atom is -0.381 e. The zero-order valence-electron chi connectivity index (χ0n) is 26.0. The number of aromatic nitrogens is 4. The van der Waals surface area contributed by atoms with E-state index < -0.39 is 6.43 Å². The van der Waals surface area contributed by atoms with Gasteiger partial charge < -0.3 is 23.8 Å². The van der Waals surface area contributed by atoms with Crippen LogP contribution in [0.2, 0.25) is 0 Å². The van der Waals surface area contributed by atoms with Crippen LogP contribution in [0.15, 0.2) is 36.8 Å². The van der Waals surface area contributed by atoms with Crippen molar-refractivity contribution >= 4 is 28.3 Å². The number of benzene rings is 1. The lowest BCUT2D eigenvalue weighted by atomic mass is 9.96. The molecule has 0 aliphatic carbocycles. The van der Waals surface area contributed by atoms with Gasteiger partial charge in [-0.1, -0.05) is 0 Å². The highest BCUT2D eigenvalue weighted by atomic mass is 19.3. The van der Waals surface area contributed by atoms with Crippen LogP contribution in [0.1, 0.15) is 73.5 Å². The number of pyridine rings is 1. The van der Waals surface area contributed by atoms with E-state index in [-0.39, 0.29) is 17.5 Å². The average Bonchev–Trinajstić information content (AvgIpc) is 3.63. The Hall–Kier alpha value is -3.83. The van der Waals surface area contributed by atoms with E-state index in [0.717, 1.165) is 76.9 Å². The summed E-state index contributed by atoms with van der Waals surface area (Å²) in [6.07, 6.45) is 7.57. The summed E-state index contributed by atoms with van der Waals surface area (Å²) in [6.45, 7) is 7.93. The van der Waals surface area contributed by atoms with Gasteiger partial charge in [0.15, 0.2) is 5.82 Å². The number of ether oxygens (including phenoxy) is 2. The summed E-state index contributed by atoms with van der Waals surface area (Å²) in [7, 11) is 0. The largest absolute Gasteiger partial charge is 0.381 e. The molecule has 1 amide bonds. The molecule has 0 spiro atoms. The molecule has 0 radical (unpaired) electrons. The summed E-state index contributed by atoms with van der Waals surface area (Å²) < 4.78 is 45.2. The molecule has 0 bridgehead atoms. The number of anilines is 2. The van der Waals surface area contributed by atoms with Gasteiger partial charge in [0.25, 0.3) is 6.43 Å². The van der Waals surface area contributed by atoms with E-state index in [2.05, 4.69) is 14.6 Å². The number of nitrogens with zero attached hydrogens (tertiary/aromatic N) is 6. The molecule has 1 saturated heterocycles. The Kier molecular flexibility index (Phi) is 8.31. The number of aryl methyl sites for hydroxylation is 1. The number of rotatable bonds is 8. The molecule has 3 aliphatic heterocycles. The molecule has 1 fully saturated rings. The van der Waals surface area contributed by atoms with Crippen molar-refractivity contribution < 1.29 is 23.0 Å². The monoisotopic (exact) mass is 618 g/mol. The van der Waals surface area contributed by atoms with E-state index in [1.807, 2.05) is 34.7 Å². The molecule has 45 heavy (non-hydrogen) atoms. The number of fused-ring (bicyclic) bond motifs is 3. The van der Waals surface area contributed by atoms with E-state index in [4.69, 9.17) is 14.6 Å². The third-order valence-corrected chi connectivity index (χ3v) is 9.55. The van der Waals surface area contributed by atoms with Gasteiger partial charge >= 0.3 is 0 Å². The van der Waals surface area contributed by atoms with E-state index in [0.29, 0.717) is 58.2 Å². The van der Waals surface area contributed by atoms with Gasteiger partial charge in [0.05, 0.1) is 36.6 Å². The van der Waals surface area contributed by atoms with Crippen LogP contribution in [0, 0.1) is 0 Å². The molecule has 0 N–H and O–H groups in total. The molecule has 238 valence electrons. The van der Waals surface area contributed by atoms with Crippen molar-refractivity contribution in [1.82, 2.24) is 24.2 Å². The maximum absolute atomic E-state index is 15.0. The summed E-state index contributed by atoms with van der Waals surface area (Å²) in [5.74, 6) is 0.813. The van der Waals surface area contributed by atoms with Crippen molar-refractivity contribution in [3.8, 4) is 5.69 Å². The van der Waals surface area contributed by atoms with Crippen LogP contribution in [0.4, 0.5) is 20.3 Å². The number of alkyl halides is 2. The van der Waals surface area contributed by atoms with Crippen LogP contribution in [-0.4, -0.2) is 69.7 Å². The Morgan fingerprint density at radius 2 is 2.00 bits per heavy atom. The quantitative estimate of drug-likeness (QED) is 0.223. The van der Waals surface area contributed by atoms with Crippen LogP contribution in [0.3, 0.4) is 0 Å². The lowest BCUT2D eigenvalue weighted by Crippen LogP contribution is -2.36. The number of halogens is 2. The van der Waals surface area contributed by atoms with Crippen molar-refractivity contribution in [3.05, 3.63) is 64.7 Å². The molecule has 9 nitrogen and oxygen atoms in total. The van der Waals surface area contributed by atoms with E-state index in [1.165, 1.54) is 0 Å². The summed E-state index contributed by atoms with van der Waals surface area (Å²) >= 11 is 0. The number of carbonyl (C=O) groups excluding carboxylic acids is 1. The van der Waals surface area contributed by atoms with Crippen molar-refractivity contribution in [1.29, 1.82) is 0 Å². The van der Waals surface area contributed by atoms with Gasteiger partial charge in [0.2, 0.25) is 5.91 Å². The average molecular weight is 619 g/mol. The number of hydrogen-bond acceptors (Lipinski definition) is 6. The van der Waals surface area contributed by atoms with Crippen LogP contribution < -0.4 is 4.90 Å². The summed E-state index contributed by atoms with van der Waals surface area (Å²) in [5, 5.41) is 6.19. The molecule has 4 aromatic rings. The molecule has 11 heteroatoms. The predicted molar refractivity (Wildman–Crippen MR) is 168 cm³/mol. The first-order valence-electron chi connectivity index (χ1n) is 16.1. The Morgan fingerprint density at radius 3 is 2.78 bits per heavy atom. The van der Waals surface area contributed by atoms with Crippen LogP contribution in [0.5, 0.6) is 0 Å². The van der Waals surface area contributed by atoms with Gasteiger partial charge in [-0.05, 0) is 68.4 Å². The highest BCUT2D eigenvalue weighted by Crippen LogP contribution is 2.43. The van der Waals surface area contributed by atoms with Crippen LogP contribution in [0.25, 0.3) is 16.6 Å². The normalized spacial score (nSPS) is 17.3. The van der Waals surface area contributed by atoms with Gasteiger partial charge in [-0.3, -0.25) is 14.5 Å². The van der Waals surface area contributed by atoms with Crippen LogP contribution in [-0.2, 0) is 40.1 Å². The minimum absolute atomic E-state index is 0.0270. The van der Waals surface area contributed by atoms with Crippen molar-refractivity contribution in [3.63, 3.8) is 0 Å². The Balaban J connectivity index is 1.34. The third-order valence-electron chi connectivity index (χ3n) is 9.55. The highest BCUT2D eigenvalue weighted by Gasteiger charge is 2.34. The molecule has 0 saturated carbocycles. The van der Waals surface area contributed by atoms with Gasteiger partial charge in [-0.2, -0.15) is 5.10 Å². The molecule has 0 unspecified atom stereocenters. The lowest BCUT2D eigenvalue weighted by molar-refractivity contribution is -0.129. The Labute approximate surface area is 261 Å². The molecule has 6 heterocycles. The Morgan fingerprint density at radius 1 is 1.16 bits per heavy atom. The van der Waals surface area contributed by atoms with Crippen molar-refractivity contribution in [2.24, 2.45) is 0 Å². The van der Waals surface area contributed by atoms with E-state index >= 15 is 0 Å². The highest BCUT2D eigenvalue weighted by molar-refractivity contribution is 5.85. The Bertz CT molecular complexity index is 1710. The summed E-state index contributed by atoms with van der Waals surface area (Å²) in [5.41, 5.74) is 6.25. The van der Waals surface area contributed by atoms with Gasteiger partial charge in [-0.25, -0.2) is 8.78 Å². The second-order valence-corrected chi connectivity index (χ2v) is 12.2. The smallest absolute Gasteiger partial charge is 0.265 e. The maximum atomic E-state index is 15.0. The summed E-state index contributed by atoms with van der Waals surface area (Å²) in [6, 6.07) is 5.77. The second kappa shape index (κ2) is 12.5. The first kappa shape index (κ1) is 29.9. The van der Waals surface area contributed by atoms with Crippen molar-refractivity contribution in [2.75, 3.05) is 44.4 Å². The fourth-order valence-electron chi connectivity index (χ4n) is 7.25. The molecule has 3 aliphatic rings. The topological polar surface area (TPSA) is 77.7 Å². The van der Waals surface area contributed by atoms with Crippen LogP contribution >= 0.6 is 0 Å². The van der Waals surface area contributed by atoms with Crippen molar-refractivity contribution in [2.45, 2.75) is 71.4 Å². The number of carbonyl (C=O) groups is 1. The standard InChI is InChI=1S/C34H40F2N6O3/c1-3-44-14-8-24-20-41(32-19-37-11-6-26(24)32)31-17-23-5-4-12-40(30(23)18-27(31)33(35)36)34-28-21-39(22(2)43)13-7-29(28)42(38-34)25-9-15-45-16-10-25/h6,11,17-20,25,33H,3-5,7-10,12-16,21H2,1-2H3.